The molecule has 1 unspecified atom stereocenters. The Morgan fingerprint density at radius 3 is 2.07 bits per heavy atom. The van der Waals surface area contributed by atoms with Gasteiger partial charge in [0.25, 0.3) is 5.91 Å². The summed E-state index contributed by atoms with van der Waals surface area (Å²) in [6.45, 7) is 3.76. The predicted molar refractivity (Wildman–Crippen MR) is 103 cm³/mol. The minimum atomic E-state index is -0.371. The molecule has 3 rings (SSSR count). The first-order chi connectivity index (χ1) is 13.5. The largest absolute Gasteiger partial charge is 0.469 e. The zero-order valence-electron chi connectivity index (χ0n) is 15.9. The molecule has 1 aromatic heterocycles. The van der Waals surface area contributed by atoms with Gasteiger partial charge in [-0.3, -0.25) is 9.59 Å². The highest BCUT2D eigenvalue weighted by molar-refractivity contribution is 5.95. The van der Waals surface area contributed by atoms with Crippen LogP contribution in [0.3, 0.4) is 0 Å². The van der Waals surface area contributed by atoms with Crippen molar-refractivity contribution in [2.24, 2.45) is 0 Å². The Morgan fingerprint density at radius 2 is 1.54 bits per heavy atom. The van der Waals surface area contributed by atoms with E-state index in [1.54, 1.807) is 31.2 Å². The van der Waals surface area contributed by atoms with Crippen molar-refractivity contribution in [2.75, 3.05) is 7.11 Å². The van der Waals surface area contributed by atoms with Crippen LogP contribution >= 0.6 is 0 Å². The molecular weight excluding hydrogens is 358 g/mol. The van der Waals surface area contributed by atoms with E-state index in [-0.39, 0.29) is 24.3 Å². The molecule has 0 spiro atoms. The van der Waals surface area contributed by atoms with Gasteiger partial charge in [-0.1, -0.05) is 17.7 Å². The lowest BCUT2D eigenvalue weighted by atomic mass is 10.1. The van der Waals surface area contributed by atoms with Crippen LogP contribution in [0.2, 0.25) is 0 Å². The summed E-state index contributed by atoms with van der Waals surface area (Å²) in [6.07, 6.45) is 0.115. The second kappa shape index (κ2) is 8.47. The van der Waals surface area contributed by atoms with E-state index in [2.05, 4.69) is 20.3 Å². The maximum absolute atomic E-state index is 12.3. The number of amides is 1. The van der Waals surface area contributed by atoms with Gasteiger partial charge in [0.2, 0.25) is 11.8 Å². The SMILES string of the molecule is COC(=O)CC(C)NC(=O)c1ccc(-c2nnc(-c3ccc(C)cc3)o2)cc1. The van der Waals surface area contributed by atoms with Crippen molar-refractivity contribution < 1.29 is 18.7 Å². The van der Waals surface area contributed by atoms with Gasteiger partial charge in [-0.05, 0) is 50.2 Å². The van der Waals surface area contributed by atoms with Crippen LogP contribution in [0, 0.1) is 6.92 Å². The highest BCUT2D eigenvalue weighted by atomic mass is 16.5. The molecule has 0 aliphatic carbocycles. The third-order valence-corrected chi connectivity index (χ3v) is 4.20. The standard InChI is InChI=1S/C21H21N3O4/c1-13-4-6-16(7-5-13)20-23-24-21(28-20)17-10-8-15(9-11-17)19(26)22-14(2)12-18(25)27-3/h4-11,14H,12H2,1-3H3,(H,22,26). The van der Waals surface area contributed by atoms with E-state index in [9.17, 15) is 9.59 Å². The van der Waals surface area contributed by atoms with Crippen LogP contribution in [0.5, 0.6) is 0 Å². The summed E-state index contributed by atoms with van der Waals surface area (Å²) in [7, 11) is 1.32. The molecule has 0 saturated carbocycles. The number of aromatic nitrogens is 2. The van der Waals surface area contributed by atoms with Crippen LogP contribution in [0.25, 0.3) is 22.9 Å². The van der Waals surface area contributed by atoms with Gasteiger partial charge in [0.1, 0.15) is 0 Å². The van der Waals surface area contributed by atoms with Crippen molar-refractivity contribution in [2.45, 2.75) is 26.3 Å². The molecular formula is C21H21N3O4. The van der Waals surface area contributed by atoms with Crippen LogP contribution in [0.1, 0.15) is 29.3 Å². The smallest absolute Gasteiger partial charge is 0.307 e. The molecule has 7 heteroatoms. The summed E-state index contributed by atoms with van der Waals surface area (Å²) < 4.78 is 10.3. The minimum absolute atomic E-state index is 0.115. The molecule has 1 atom stereocenters. The quantitative estimate of drug-likeness (QED) is 0.660. The number of rotatable bonds is 6. The number of hydrogen-bond donors (Lipinski definition) is 1. The maximum Gasteiger partial charge on any atom is 0.307 e. The highest BCUT2D eigenvalue weighted by Crippen LogP contribution is 2.24. The minimum Gasteiger partial charge on any atom is -0.469 e. The van der Waals surface area contributed by atoms with Crippen LogP contribution in [-0.2, 0) is 9.53 Å². The number of nitrogens with zero attached hydrogens (tertiary/aromatic N) is 2. The molecule has 1 heterocycles. The van der Waals surface area contributed by atoms with Crippen molar-refractivity contribution in [3.63, 3.8) is 0 Å². The van der Waals surface area contributed by atoms with E-state index >= 15 is 0 Å². The van der Waals surface area contributed by atoms with Crippen LogP contribution in [0.4, 0.5) is 0 Å². The molecule has 28 heavy (non-hydrogen) atoms. The fourth-order valence-corrected chi connectivity index (χ4v) is 2.61. The van der Waals surface area contributed by atoms with Gasteiger partial charge in [0, 0.05) is 22.7 Å². The molecule has 3 aromatic rings. The van der Waals surface area contributed by atoms with E-state index < -0.39 is 0 Å². The Bertz CT molecular complexity index is 962. The Hall–Kier alpha value is -3.48. The Labute approximate surface area is 162 Å². The normalized spacial score (nSPS) is 11.7. The first kappa shape index (κ1) is 19.3. The predicted octanol–water partition coefficient (Wildman–Crippen LogP) is 3.39. The average molecular weight is 379 g/mol. The highest BCUT2D eigenvalue weighted by Gasteiger charge is 2.15. The number of methoxy groups -OCH3 is 1. The first-order valence-electron chi connectivity index (χ1n) is 8.85. The second-order valence-electron chi connectivity index (χ2n) is 6.51. The molecule has 2 aromatic carbocycles. The second-order valence-corrected chi connectivity index (χ2v) is 6.51. The van der Waals surface area contributed by atoms with Crippen molar-refractivity contribution in [1.82, 2.24) is 15.5 Å². The molecule has 0 aliphatic rings. The number of carbonyl (C=O) groups excluding carboxylic acids is 2. The van der Waals surface area contributed by atoms with Gasteiger partial charge in [0.15, 0.2) is 0 Å². The zero-order valence-corrected chi connectivity index (χ0v) is 15.9. The third kappa shape index (κ3) is 4.62. The molecule has 7 nitrogen and oxygen atoms in total. The molecule has 0 radical (unpaired) electrons. The van der Waals surface area contributed by atoms with Gasteiger partial charge in [-0.25, -0.2) is 0 Å². The molecule has 0 saturated heterocycles. The first-order valence-corrected chi connectivity index (χ1v) is 8.85. The van der Waals surface area contributed by atoms with E-state index in [1.807, 2.05) is 31.2 Å². The van der Waals surface area contributed by atoms with E-state index in [1.165, 1.54) is 7.11 Å². The van der Waals surface area contributed by atoms with Gasteiger partial charge in [-0.15, -0.1) is 10.2 Å². The van der Waals surface area contributed by atoms with Crippen molar-refractivity contribution in [1.29, 1.82) is 0 Å². The van der Waals surface area contributed by atoms with Gasteiger partial charge < -0.3 is 14.5 Å². The number of carbonyl (C=O) groups is 2. The molecule has 0 fully saturated rings. The lowest BCUT2D eigenvalue weighted by Gasteiger charge is -2.12. The fraction of sp³-hybridized carbons (Fsp3) is 0.238. The number of hydrogen-bond acceptors (Lipinski definition) is 6. The van der Waals surface area contributed by atoms with Gasteiger partial charge in [-0.2, -0.15) is 0 Å². The summed E-state index contributed by atoms with van der Waals surface area (Å²) in [5.41, 5.74) is 3.18. The lowest BCUT2D eigenvalue weighted by molar-refractivity contribution is -0.141. The zero-order chi connectivity index (χ0) is 20.1. The van der Waals surface area contributed by atoms with Crippen LogP contribution in [-0.4, -0.2) is 35.2 Å². The topological polar surface area (TPSA) is 94.3 Å². The van der Waals surface area contributed by atoms with E-state index in [0.717, 1.165) is 11.1 Å². The lowest BCUT2D eigenvalue weighted by Crippen LogP contribution is -2.34. The average Bonchev–Trinajstić information content (AvgIpc) is 3.18. The van der Waals surface area contributed by atoms with Crippen molar-refractivity contribution >= 4 is 11.9 Å². The fourth-order valence-electron chi connectivity index (χ4n) is 2.61. The monoisotopic (exact) mass is 379 g/mol. The summed E-state index contributed by atoms with van der Waals surface area (Å²) in [5, 5.41) is 10.9. The summed E-state index contributed by atoms with van der Waals surface area (Å²) in [5.74, 6) is 0.174. The molecule has 1 amide bonds. The van der Waals surface area contributed by atoms with E-state index in [0.29, 0.717) is 22.9 Å². The Balaban J connectivity index is 1.68. The number of aryl methyl sites for hydroxylation is 1. The summed E-state index contributed by atoms with van der Waals surface area (Å²) in [6, 6.07) is 14.3. The van der Waals surface area contributed by atoms with Gasteiger partial charge in [0.05, 0.1) is 13.5 Å². The molecule has 0 aliphatic heterocycles. The van der Waals surface area contributed by atoms with Gasteiger partial charge >= 0.3 is 5.97 Å². The summed E-state index contributed by atoms with van der Waals surface area (Å²) in [4.78, 5) is 23.5. The number of benzene rings is 2. The number of nitrogens with one attached hydrogen (secondary N) is 1. The Kier molecular flexibility index (Phi) is 5.84. The molecule has 1 N–H and O–H groups in total. The van der Waals surface area contributed by atoms with E-state index in [4.69, 9.17) is 4.42 Å². The number of ether oxygens (including phenoxy) is 1. The molecule has 0 bridgehead atoms. The van der Waals surface area contributed by atoms with Crippen molar-refractivity contribution in [3.05, 3.63) is 59.7 Å². The Morgan fingerprint density at radius 1 is 1.00 bits per heavy atom. The van der Waals surface area contributed by atoms with Crippen molar-refractivity contribution in [3.8, 4) is 22.9 Å². The number of esters is 1. The van der Waals surface area contributed by atoms with Crippen LogP contribution < -0.4 is 5.32 Å². The summed E-state index contributed by atoms with van der Waals surface area (Å²) >= 11 is 0. The van der Waals surface area contributed by atoms with Crippen LogP contribution in [0.15, 0.2) is 52.9 Å². The molecule has 144 valence electrons. The maximum atomic E-state index is 12.3. The third-order valence-electron chi connectivity index (χ3n) is 4.20.